The Hall–Kier alpha value is -4.36. The molecule has 0 bridgehead atoms. The van der Waals surface area contributed by atoms with Crippen molar-refractivity contribution in [3.05, 3.63) is 78.1 Å². The standard InChI is InChI=1S/C27H24N6O4S2/c1-37-22-8-11-25-24(17-22)31-27(38-25)33(19-20-5-2-14-30-18-20)26(34)21-6-9-23(10-7-21)39(35,36)32(15-3-12-28)16-4-13-29/h2,5-11,14,17-18H,3-4,15-16,19H2,1H3. The van der Waals surface area contributed by atoms with Gasteiger partial charge in [-0.25, -0.2) is 13.4 Å². The average Bonchev–Trinajstić information content (AvgIpc) is 3.39. The van der Waals surface area contributed by atoms with Gasteiger partial charge in [0.05, 0.1) is 40.9 Å². The van der Waals surface area contributed by atoms with Crippen molar-refractivity contribution < 1.29 is 17.9 Å². The minimum absolute atomic E-state index is 0.00142. The number of rotatable bonds is 11. The van der Waals surface area contributed by atoms with E-state index in [1.165, 1.54) is 40.5 Å². The van der Waals surface area contributed by atoms with E-state index in [0.717, 1.165) is 14.6 Å². The van der Waals surface area contributed by atoms with Crippen molar-refractivity contribution in [2.24, 2.45) is 0 Å². The van der Waals surface area contributed by atoms with Gasteiger partial charge < -0.3 is 4.74 Å². The number of nitrogens with zero attached hydrogens (tertiary/aromatic N) is 6. The molecule has 39 heavy (non-hydrogen) atoms. The van der Waals surface area contributed by atoms with Crippen molar-refractivity contribution in [2.45, 2.75) is 24.3 Å². The second-order valence-electron chi connectivity index (χ2n) is 8.33. The first-order valence-electron chi connectivity index (χ1n) is 11.9. The molecule has 0 spiro atoms. The second kappa shape index (κ2) is 12.5. The molecule has 0 unspecified atom stereocenters. The third-order valence-corrected chi connectivity index (χ3v) is 8.78. The zero-order valence-corrected chi connectivity index (χ0v) is 22.7. The fourth-order valence-corrected chi connectivity index (χ4v) is 6.20. The quantitative estimate of drug-likeness (QED) is 0.263. The second-order valence-corrected chi connectivity index (χ2v) is 11.3. The number of hydrogen-bond donors (Lipinski definition) is 0. The maximum absolute atomic E-state index is 13.7. The lowest BCUT2D eigenvalue weighted by Gasteiger charge is -2.21. The monoisotopic (exact) mass is 560 g/mol. The summed E-state index contributed by atoms with van der Waals surface area (Å²) in [6.07, 6.45) is 3.32. The molecule has 4 rings (SSSR count). The molecule has 2 aromatic carbocycles. The number of benzene rings is 2. The van der Waals surface area contributed by atoms with Gasteiger partial charge in [0.15, 0.2) is 5.13 Å². The first-order chi connectivity index (χ1) is 18.9. The van der Waals surface area contributed by atoms with Crippen LogP contribution in [0.4, 0.5) is 5.13 Å². The van der Waals surface area contributed by atoms with Crippen LogP contribution < -0.4 is 9.64 Å². The van der Waals surface area contributed by atoms with E-state index in [1.807, 2.05) is 30.3 Å². The fourth-order valence-electron chi connectivity index (χ4n) is 3.81. The lowest BCUT2D eigenvalue weighted by Crippen LogP contribution is -2.33. The SMILES string of the molecule is COc1ccc2sc(N(Cc3cccnc3)C(=O)c3ccc(S(=O)(=O)N(CCC#N)CCC#N)cc3)nc2c1. The van der Waals surface area contributed by atoms with Gasteiger partial charge in [0, 0.05) is 50.0 Å². The van der Waals surface area contributed by atoms with Gasteiger partial charge in [-0.15, -0.1) is 0 Å². The molecule has 0 atom stereocenters. The van der Waals surface area contributed by atoms with Gasteiger partial charge in [0.2, 0.25) is 10.0 Å². The smallest absolute Gasteiger partial charge is 0.260 e. The normalized spacial score (nSPS) is 11.2. The van der Waals surface area contributed by atoms with Gasteiger partial charge in [-0.05, 0) is 48.0 Å². The molecule has 2 aromatic heterocycles. The van der Waals surface area contributed by atoms with Crippen molar-refractivity contribution >= 4 is 42.6 Å². The van der Waals surface area contributed by atoms with E-state index >= 15 is 0 Å². The number of anilines is 1. The van der Waals surface area contributed by atoms with E-state index in [-0.39, 0.29) is 48.8 Å². The third-order valence-electron chi connectivity index (χ3n) is 5.81. The van der Waals surface area contributed by atoms with Gasteiger partial charge in [-0.2, -0.15) is 14.8 Å². The van der Waals surface area contributed by atoms with Gasteiger partial charge in [-0.3, -0.25) is 14.7 Å². The van der Waals surface area contributed by atoms with Crippen LogP contribution >= 0.6 is 11.3 Å². The van der Waals surface area contributed by atoms with Crippen LogP contribution in [0.5, 0.6) is 5.75 Å². The maximum atomic E-state index is 13.7. The fraction of sp³-hybridized carbons (Fsp3) is 0.222. The van der Waals surface area contributed by atoms with E-state index in [9.17, 15) is 13.2 Å². The number of ether oxygens (including phenoxy) is 1. The zero-order chi connectivity index (χ0) is 27.8. The summed E-state index contributed by atoms with van der Waals surface area (Å²) in [6.45, 7) is 0.157. The first kappa shape index (κ1) is 27.7. The zero-order valence-electron chi connectivity index (χ0n) is 21.0. The summed E-state index contributed by atoms with van der Waals surface area (Å²) in [5.41, 5.74) is 1.76. The van der Waals surface area contributed by atoms with Crippen molar-refractivity contribution in [2.75, 3.05) is 25.1 Å². The van der Waals surface area contributed by atoms with Crippen LogP contribution in [0.25, 0.3) is 10.2 Å². The molecule has 198 valence electrons. The summed E-state index contributed by atoms with van der Waals surface area (Å²) >= 11 is 1.36. The number of aromatic nitrogens is 2. The Morgan fingerprint density at radius 1 is 1.05 bits per heavy atom. The summed E-state index contributed by atoms with van der Waals surface area (Å²) in [7, 11) is -2.38. The maximum Gasteiger partial charge on any atom is 0.260 e. The Morgan fingerprint density at radius 2 is 1.77 bits per heavy atom. The highest BCUT2D eigenvalue weighted by Crippen LogP contribution is 2.33. The van der Waals surface area contributed by atoms with E-state index < -0.39 is 10.0 Å². The van der Waals surface area contributed by atoms with Crippen molar-refractivity contribution in [3.63, 3.8) is 0 Å². The lowest BCUT2D eigenvalue weighted by atomic mass is 10.2. The summed E-state index contributed by atoms with van der Waals surface area (Å²) in [6, 6.07) is 18.6. The third kappa shape index (κ3) is 6.38. The number of methoxy groups -OCH3 is 1. The first-order valence-corrected chi connectivity index (χ1v) is 14.1. The van der Waals surface area contributed by atoms with Gasteiger partial charge >= 0.3 is 0 Å². The van der Waals surface area contributed by atoms with E-state index in [1.54, 1.807) is 31.6 Å². The molecule has 10 nitrogen and oxygen atoms in total. The largest absolute Gasteiger partial charge is 0.497 e. The number of sulfonamides is 1. The lowest BCUT2D eigenvalue weighted by molar-refractivity contribution is 0.0985. The molecule has 0 aliphatic carbocycles. The van der Waals surface area contributed by atoms with E-state index in [0.29, 0.717) is 16.4 Å². The van der Waals surface area contributed by atoms with Crippen LogP contribution in [-0.4, -0.2) is 48.8 Å². The van der Waals surface area contributed by atoms with Gasteiger partial charge in [0.25, 0.3) is 5.91 Å². The molecule has 0 saturated heterocycles. The Balaban J connectivity index is 1.66. The highest BCUT2D eigenvalue weighted by Gasteiger charge is 2.26. The van der Waals surface area contributed by atoms with Crippen LogP contribution in [-0.2, 0) is 16.6 Å². The summed E-state index contributed by atoms with van der Waals surface area (Å²) in [5, 5.41) is 18.3. The average molecular weight is 561 g/mol. The molecular weight excluding hydrogens is 536 g/mol. The number of fused-ring (bicyclic) bond motifs is 1. The molecular formula is C27H24N6O4S2. The minimum atomic E-state index is -3.96. The van der Waals surface area contributed by atoms with Crippen LogP contribution in [0.1, 0.15) is 28.8 Å². The Bertz CT molecular complexity index is 1620. The molecule has 0 radical (unpaired) electrons. The number of pyridine rings is 1. The number of amides is 1. The van der Waals surface area contributed by atoms with Crippen molar-refractivity contribution in [1.29, 1.82) is 10.5 Å². The van der Waals surface area contributed by atoms with Crippen LogP contribution in [0.2, 0.25) is 0 Å². The number of hydrogen-bond acceptors (Lipinski definition) is 9. The molecule has 0 aliphatic rings. The molecule has 0 saturated carbocycles. The predicted octanol–water partition coefficient (Wildman–Crippen LogP) is 4.36. The van der Waals surface area contributed by atoms with Crippen molar-refractivity contribution in [3.8, 4) is 17.9 Å². The van der Waals surface area contributed by atoms with Gasteiger partial charge in [0.1, 0.15) is 5.75 Å². The van der Waals surface area contributed by atoms with Crippen LogP contribution in [0, 0.1) is 22.7 Å². The topological polar surface area (TPSA) is 140 Å². The molecule has 0 aliphatic heterocycles. The molecule has 2 heterocycles. The predicted molar refractivity (Wildman–Crippen MR) is 147 cm³/mol. The summed E-state index contributed by atoms with van der Waals surface area (Å²) < 4.78 is 33.6. The highest BCUT2D eigenvalue weighted by molar-refractivity contribution is 7.89. The Kier molecular flexibility index (Phi) is 8.84. The molecule has 0 fully saturated rings. The van der Waals surface area contributed by atoms with Crippen LogP contribution in [0.3, 0.4) is 0 Å². The molecule has 0 N–H and O–H groups in total. The molecule has 12 heteroatoms. The summed E-state index contributed by atoms with van der Waals surface area (Å²) in [4.78, 5) is 24.1. The number of carbonyl (C=O) groups is 1. The number of thiazole rings is 1. The van der Waals surface area contributed by atoms with E-state index in [4.69, 9.17) is 15.3 Å². The minimum Gasteiger partial charge on any atom is -0.497 e. The van der Waals surface area contributed by atoms with Gasteiger partial charge in [-0.1, -0.05) is 17.4 Å². The number of carbonyl (C=O) groups excluding carboxylic acids is 1. The highest BCUT2D eigenvalue weighted by atomic mass is 32.2. The van der Waals surface area contributed by atoms with E-state index in [2.05, 4.69) is 9.97 Å². The van der Waals surface area contributed by atoms with Crippen LogP contribution in [0.15, 0.2) is 71.9 Å². The summed E-state index contributed by atoms with van der Waals surface area (Å²) in [5.74, 6) is 0.291. The molecule has 1 amide bonds. The molecule has 4 aromatic rings. The van der Waals surface area contributed by atoms with Crippen molar-refractivity contribution in [1.82, 2.24) is 14.3 Å². The number of nitriles is 2. The Morgan fingerprint density at radius 3 is 2.38 bits per heavy atom. The Labute approximate surface area is 230 Å².